The standard InChI is InChI=1S/C16H15N5O2/c22-21(23)13-10-19-16(20-11-13)18-9-8-17-15-7-3-5-12-4-1-2-6-14(12)15/h1-7,10-11,17H,8-9H2,(H,18,19,20). The van der Waals surface area contributed by atoms with Crippen LogP contribution in [0.5, 0.6) is 0 Å². The summed E-state index contributed by atoms with van der Waals surface area (Å²) in [5, 5.41) is 19.3. The van der Waals surface area contributed by atoms with Gasteiger partial charge in [0.15, 0.2) is 0 Å². The van der Waals surface area contributed by atoms with Gasteiger partial charge in [-0.25, -0.2) is 9.97 Å². The average molecular weight is 309 g/mol. The van der Waals surface area contributed by atoms with Crippen molar-refractivity contribution in [3.63, 3.8) is 0 Å². The Bertz CT molecular complexity index is 815. The molecule has 3 rings (SSSR count). The van der Waals surface area contributed by atoms with E-state index in [1.165, 1.54) is 23.2 Å². The zero-order valence-corrected chi connectivity index (χ0v) is 12.3. The average Bonchev–Trinajstić information content (AvgIpc) is 2.59. The first-order chi connectivity index (χ1) is 11.2. The lowest BCUT2D eigenvalue weighted by molar-refractivity contribution is -0.385. The van der Waals surface area contributed by atoms with Crippen LogP contribution >= 0.6 is 0 Å². The summed E-state index contributed by atoms with van der Waals surface area (Å²) in [7, 11) is 0. The Balaban J connectivity index is 1.56. The number of nitrogens with zero attached hydrogens (tertiary/aromatic N) is 3. The van der Waals surface area contributed by atoms with Gasteiger partial charge in [0, 0.05) is 24.2 Å². The van der Waals surface area contributed by atoms with Crippen molar-refractivity contribution in [3.05, 3.63) is 65.0 Å². The minimum absolute atomic E-state index is 0.121. The smallest absolute Gasteiger partial charge is 0.305 e. The van der Waals surface area contributed by atoms with Crippen LogP contribution in [-0.2, 0) is 0 Å². The van der Waals surface area contributed by atoms with Gasteiger partial charge >= 0.3 is 5.69 Å². The summed E-state index contributed by atoms with van der Waals surface area (Å²) in [6.07, 6.45) is 2.38. The Morgan fingerprint density at radius 1 is 0.957 bits per heavy atom. The highest BCUT2D eigenvalue weighted by atomic mass is 16.6. The molecule has 0 spiro atoms. The first kappa shape index (κ1) is 14.7. The summed E-state index contributed by atoms with van der Waals surface area (Å²) in [4.78, 5) is 17.8. The lowest BCUT2D eigenvalue weighted by Crippen LogP contribution is -2.15. The number of rotatable bonds is 6. The highest BCUT2D eigenvalue weighted by Gasteiger charge is 2.06. The number of hydrogen-bond donors (Lipinski definition) is 2. The molecule has 0 bridgehead atoms. The maximum atomic E-state index is 10.5. The molecule has 0 saturated heterocycles. The predicted octanol–water partition coefficient (Wildman–Crippen LogP) is 3.06. The van der Waals surface area contributed by atoms with Gasteiger partial charge in [0.1, 0.15) is 12.4 Å². The van der Waals surface area contributed by atoms with E-state index in [9.17, 15) is 10.1 Å². The lowest BCUT2D eigenvalue weighted by atomic mass is 10.1. The number of benzene rings is 2. The molecule has 0 aliphatic carbocycles. The Hall–Kier alpha value is -3.22. The summed E-state index contributed by atoms with van der Waals surface area (Å²) in [5.41, 5.74) is 0.943. The van der Waals surface area contributed by atoms with Crippen LogP contribution in [0.3, 0.4) is 0 Å². The summed E-state index contributed by atoms with van der Waals surface area (Å²) in [5.74, 6) is 0.371. The Labute approximate surface area is 132 Å². The van der Waals surface area contributed by atoms with Crippen LogP contribution in [0.1, 0.15) is 0 Å². The number of nitro groups is 1. The Morgan fingerprint density at radius 3 is 2.43 bits per heavy atom. The molecule has 2 N–H and O–H groups in total. The van der Waals surface area contributed by atoms with Crippen LogP contribution < -0.4 is 10.6 Å². The number of nitrogens with one attached hydrogen (secondary N) is 2. The van der Waals surface area contributed by atoms with Crippen molar-refractivity contribution in [1.82, 2.24) is 9.97 Å². The fourth-order valence-electron chi connectivity index (χ4n) is 2.26. The summed E-state index contributed by atoms with van der Waals surface area (Å²) < 4.78 is 0. The van der Waals surface area contributed by atoms with Gasteiger partial charge in [-0.15, -0.1) is 0 Å². The molecule has 0 fully saturated rings. The van der Waals surface area contributed by atoms with E-state index < -0.39 is 4.92 Å². The van der Waals surface area contributed by atoms with Gasteiger partial charge in [0.25, 0.3) is 0 Å². The number of anilines is 2. The highest BCUT2D eigenvalue weighted by molar-refractivity contribution is 5.93. The van der Waals surface area contributed by atoms with Gasteiger partial charge in [-0.3, -0.25) is 10.1 Å². The van der Waals surface area contributed by atoms with Crippen LogP contribution in [0.2, 0.25) is 0 Å². The molecule has 3 aromatic rings. The maximum Gasteiger partial charge on any atom is 0.305 e. The van der Waals surface area contributed by atoms with E-state index in [1.807, 2.05) is 24.3 Å². The largest absolute Gasteiger partial charge is 0.383 e. The molecule has 0 radical (unpaired) electrons. The van der Waals surface area contributed by atoms with Crippen molar-refractivity contribution >= 4 is 28.1 Å². The molecule has 116 valence electrons. The van der Waals surface area contributed by atoms with Crippen molar-refractivity contribution in [2.24, 2.45) is 0 Å². The van der Waals surface area contributed by atoms with Crippen LogP contribution in [0.15, 0.2) is 54.9 Å². The molecule has 0 amide bonds. The van der Waals surface area contributed by atoms with Gasteiger partial charge in [-0.05, 0) is 11.5 Å². The third kappa shape index (κ3) is 3.52. The second-order valence-electron chi connectivity index (χ2n) is 4.90. The van der Waals surface area contributed by atoms with Crippen molar-refractivity contribution < 1.29 is 4.92 Å². The second-order valence-corrected chi connectivity index (χ2v) is 4.90. The molecule has 7 nitrogen and oxygen atoms in total. The normalized spacial score (nSPS) is 10.4. The molecule has 2 aromatic carbocycles. The van der Waals surface area contributed by atoms with Crippen molar-refractivity contribution in [3.8, 4) is 0 Å². The lowest BCUT2D eigenvalue weighted by Gasteiger charge is -2.10. The fourth-order valence-corrected chi connectivity index (χ4v) is 2.26. The fraction of sp³-hybridized carbons (Fsp3) is 0.125. The highest BCUT2D eigenvalue weighted by Crippen LogP contribution is 2.22. The molecule has 23 heavy (non-hydrogen) atoms. The van der Waals surface area contributed by atoms with Gasteiger partial charge in [0.2, 0.25) is 5.95 Å². The molecule has 7 heteroatoms. The Morgan fingerprint density at radius 2 is 1.65 bits per heavy atom. The zero-order valence-electron chi connectivity index (χ0n) is 12.3. The quantitative estimate of drug-likeness (QED) is 0.413. The number of hydrogen-bond acceptors (Lipinski definition) is 6. The topological polar surface area (TPSA) is 93.0 Å². The van der Waals surface area contributed by atoms with Crippen LogP contribution in [0.25, 0.3) is 10.8 Å². The maximum absolute atomic E-state index is 10.5. The first-order valence-corrected chi connectivity index (χ1v) is 7.16. The third-order valence-electron chi connectivity index (χ3n) is 3.36. The second kappa shape index (κ2) is 6.69. The van der Waals surface area contributed by atoms with E-state index in [0.29, 0.717) is 19.0 Å². The first-order valence-electron chi connectivity index (χ1n) is 7.16. The molecule has 1 aromatic heterocycles. The van der Waals surface area contributed by atoms with E-state index >= 15 is 0 Å². The van der Waals surface area contributed by atoms with Crippen molar-refractivity contribution in [2.75, 3.05) is 23.7 Å². The van der Waals surface area contributed by atoms with E-state index in [4.69, 9.17) is 0 Å². The third-order valence-corrected chi connectivity index (χ3v) is 3.36. The molecule has 0 atom stereocenters. The minimum atomic E-state index is -0.522. The van der Waals surface area contributed by atoms with Crippen molar-refractivity contribution in [2.45, 2.75) is 0 Å². The molecular formula is C16H15N5O2. The molecule has 1 heterocycles. The molecule has 0 aliphatic heterocycles. The zero-order chi connectivity index (χ0) is 16.1. The van der Waals surface area contributed by atoms with Crippen LogP contribution in [0, 0.1) is 10.1 Å². The molecule has 0 unspecified atom stereocenters. The summed E-state index contributed by atoms with van der Waals surface area (Å²) >= 11 is 0. The minimum Gasteiger partial charge on any atom is -0.383 e. The predicted molar refractivity (Wildman–Crippen MR) is 89.6 cm³/mol. The van der Waals surface area contributed by atoms with Gasteiger partial charge in [-0.1, -0.05) is 36.4 Å². The summed E-state index contributed by atoms with van der Waals surface area (Å²) in [6, 6.07) is 14.3. The van der Waals surface area contributed by atoms with E-state index in [-0.39, 0.29) is 5.69 Å². The van der Waals surface area contributed by atoms with Crippen molar-refractivity contribution in [1.29, 1.82) is 0 Å². The number of aromatic nitrogens is 2. The van der Waals surface area contributed by atoms with Gasteiger partial charge < -0.3 is 10.6 Å². The van der Waals surface area contributed by atoms with E-state index in [1.54, 1.807) is 0 Å². The van der Waals surface area contributed by atoms with E-state index in [0.717, 1.165) is 5.69 Å². The molecular weight excluding hydrogens is 294 g/mol. The summed E-state index contributed by atoms with van der Waals surface area (Å²) in [6.45, 7) is 1.27. The molecule has 0 aliphatic rings. The Kier molecular flexibility index (Phi) is 4.28. The van der Waals surface area contributed by atoms with Gasteiger partial charge in [0.05, 0.1) is 4.92 Å². The SMILES string of the molecule is O=[N+]([O-])c1cnc(NCCNc2cccc3ccccc23)nc1. The van der Waals surface area contributed by atoms with Crippen LogP contribution in [0.4, 0.5) is 17.3 Å². The van der Waals surface area contributed by atoms with Crippen LogP contribution in [-0.4, -0.2) is 28.0 Å². The van der Waals surface area contributed by atoms with Gasteiger partial charge in [-0.2, -0.15) is 0 Å². The molecule has 0 saturated carbocycles. The van der Waals surface area contributed by atoms with E-state index in [2.05, 4.69) is 38.8 Å². The number of fused-ring (bicyclic) bond motifs is 1. The monoisotopic (exact) mass is 309 g/mol.